The molecule has 3 heterocycles. The summed E-state index contributed by atoms with van der Waals surface area (Å²) in [5.41, 5.74) is 8.48. The van der Waals surface area contributed by atoms with Crippen LogP contribution in [-0.2, 0) is 4.79 Å². The van der Waals surface area contributed by atoms with Gasteiger partial charge in [-0.15, -0.1) is 0 Å². The number of carbonyl (C=O) groups is 1. The van der Waals surface area contributed by atoms with Gasteiger partial charge >= 0.3 is 5.97 Å². The van der Waals surface area contributed by atoms with Crippen molar-refractivity contribution < 1.29 is 19.0 Å². The Kier molecular flexibility index (Phi) is 7.78. The van der Waals surface area contributed by atoms with E-state index in [4.69, 9.17) is 10.5 Å². The molecular formula is C26H28FN3O3S. The molecule has 1 aliphatic rings. The lowest BCUT2D eigenvalue weighted by Gasteiger charge is -2.36. The summed E-state index contributed by atoms with van der Waals surface area (Å²) in [6.07, 6.45) is 3.04. The average molecular weight is 482 g/mol. The standard InChI is InChI=1S/C26H28FN3O3S/c1-33-19-5-7-24-20(13-19)25(22(27)14-29-24)23(28)6-4-18-8-11-30(15-21(18)26(31)32)10-2-3-17-9-12-34-16-17/h5,7,9,12-14,16,18,21,23H,4,6,8,10-11,15,28H2,1H3,(H,31,32). The Morgan fingerprint density at radius 3 is 3.03 bits per heavy atom. The zero-order valence-electron chi connectivity index (χ0n) is 19.0. The first-order chi connectivity index (χ1) is 16.5. The fourth-order valence-corrected chi connectivity index (χ4v) is 5.22. The molecule has 1 saturated heterocycles. The molecule has 2 aromatic heterocycles. The van der Waals surface area contributed by atoms with Crippen LogP contribution in [0.15, 0.2) is 41.2 Å². The first-order valence-electron chi connectivity index (χ1n) is 11.3. The number of fused-ring (bicyclic) bond motifs is 1. The minimum Gasteiger partial charge on any atom is -0.497 e. The zero-order chi connectivity index (χ0) is 24.1. The molecule has 178 valence electrons. The molecule has 0 bridgehead atoms. The van der Waals surface area contributed by atoms with Crippen molar-refractivity contribution >= 4 is 28.2 Å². The van der Waals surface area contributed by atoms with Crippen LogP contribution in [0.1, 0.15) is 36.4 Å². The van der Waals surface area contributed by atoms with E-state index in [2.05, 4.69) is 21.7 Å². The SMILES string of the molecule is COc1ccc2ncc(F)c(C(N)CCC3CCN(CC#Cc4ccsc4)CC3C(=O)O)c2c1. The quantitative estimate of drug-likeness (QED) is 0.489. The maximum absolute atomic E-state index is 14.8. The molecule has 0 spiro atoms. The molecule has 3 unspecified atom stereocenters. The van der Waals surface area contributed by atoms with Gasteiger partial charge in [0.1, 0.15) is 11.6 Å². The number of nitrogens with two attached hydrogens (primary N) is 1. The first-order valence-corrected chi connectivity index (χ1v) is 12.2. The van der Waals surface area contributed by atoms with Crippen molar-refractivity contribution in [2.45, 2.75) is 25.3 Å². The number of aromatic nitrogens is 1. The summed E-state index contributed by atoms with van der Waals surface area (Å²) in [5, 5.41) is 14.5. The maximum atomic E-state index is 14.8. The van der Waals surface area contributed by atoms with E-state index in [1.54, 1.807) is 36.6 Å². The number of carboxylic acid groups (broad SMARTS) is 1. The van der Waals surface area contributed by atoms with Gasteiger partial charge in [-0.3, -0.25) is 14.7 Å². The van der Waals surface area contributed by atoms with Crippen LogP contribution in [-0.4, -0.2) is 47.7 Å². The fraction of sp³-hybridized carbons (Fsp3) is 0.385. The van der Waals surface area contributed by atoms with Crippen molar-refractivity contribution in [3.8, 4) is 17.6 Å². The van der Waals surface area contributed by atoms with Crippen molar-refractivity contribution in [1.82, 2.24) is 9.88 Å². The van der Waals surface area contributed by atoms with Crippen LogP contribution in [0.25, 0.3) is 10.9 Å². The smallest absolute Gasteiger partial charge is 0.308 e. The lowest BCUT2D eigenvalue weighted by atomic mass is 9.81. The summed E-state index contributed by atoms with van der Waals surface area (Å²) < 4.78 is 20.0. The number of hydrogen-bond donors (Lipinski definition) is 2. The molecule has 1 aliphatic heterocycles. The second kappa shape index (κ2) is 11.0. The summed E-state index contributed by atoms with van der Waals surface area (Å²) in [4.78, 5) is 18.3. The zero-order valence-corrected chi connectivity index (χ0v) is 19.9. The number of likely N-dealkylation sites (tertiary alicyclic amines) is 1. The molecule has 3 aromatic rings. The van der Waals surface area contributed by atoms with Gasteiger partial charge in [0.25, 0.3) is 0 Å². The number of ether oxygens (including phenoxy) is 1. The van der Waals surface area contributed by atoms with E-state index in [1.807, 2.05) is 16.8 Å². The number of methoxy groups -OCH3 is 1. The molecule has 8 heteroatoms. The molecule has 4 rings (SSSR count). The third-order valence-electron chi connectivity index (χ3n) is 6.50. The summed E-state index contributed by atoms with van der Waals surface area (Å²) >= 11 is 1.60. The Morgan fingerprint density at radius 1 is 1.44 bits per heavy atom. The van der Waals surface area contributed by atoms with Crippen LogP contribution >= 0.6 is 11.3 Å². The number of carboxylic acids is 1. The van der Waals surface area contributed by atoms with E-state index in [-0.39, 0.29) is 5.92 Å². The lowest BCUT2D eigenvalue weighted by molar-refractivity contribution is -0.146. The molecule has 1 fully saturated rings. The van der Waals surface area contributed by atoms with Gasteiger partial charge < -0.3 is 15.6 Å². The van der Waals surface area contributed by atoms with Gasteiger partial charge in [0.15, 0.2) is 0 Å². The number of halogens is 1. The Labute approximate surface area is 202 Å². The molecule has 0 saturated carbocycles. The number of hydrogen-bond acceptors (Lipinski definition) is 6. The monoisotopic (exact) mass is 481 g/mol. The van der Waals surface area contributed by atoms with Crippen LogP contribution < -0.4 is 10.5 Å². The Balaban J connectivity index is 1.42. The molecular weight excluding hydrogens is 453 g/mol. The van der Waals surface area contributed by atoms with E-state index >= 15 is 0 Å². The van der Waals surface area contributed by atoms with Crippen LogP contribution in [0.5, 0.6) is 5.75 Å². The molecule has 0 aliphatic carbocycles. The Bertz CT molecular complexity index is 1210. The van der Waals surface area contributed by atoms with Crippen molar-refractivity contribution in [3.05, 3.63) is 58.2 Å². The molecule has 1 aromatic carbocycles. The Hall–Kier alpha value is -2.99. The summed E-state index contributed by atoms with van der Waals surface area (Å²) in [7, 11) is 1.56. The van der Waals surface area contributed by atoms with Crippen LogP contribution in [0.4, 0.5) is 4.39 Å². The van der Waals surface area contributed by atoms with Gasteiger partial charge in [0, 0.05) is 34.5 Å². The minimum absolute atomic E-state index is 0.0182. The third-order valence-corrected chi connectivity index (χ3v) is 7.18. The van der Waals surface area contributed by atoms with Crippen molar-refractivity contribution in [1.29, 1.82) is 0 Å². The topological polar surface area (TPSA) is 88.7 Å². The predicted octanol–water partition coefficient (Wildman–Crippen LogP) is 4.30. The summed E-state index contributed by atoms with van der Waals surface area (Å²) in [5.74, 6) is 5.09. The highest BCUT2D eigenvalue weighted by molar-refractivity contribution is 7.08. The summed E-state index contributed by atoms with van der Waals surface area (Å²) in [6, 6.07) is 6.70. The molecule has 3 atom stereocenters. The number of thiophene rings is 1. The van der Waals surface area contributed by atoms with Crippen molar-refractivity contribution in [2.75, 3.05) is 26.7 Å². The second-order valence-electron chi connectivity index (χ2n) is 8.63. The van der Waals surface area contributed by atoms with E-state index in [0.717, 1.165) is 18.5 Å². The average Bonchev–Trinajstić information content (AvgIpc) is 3.36. The molecule has 0 radical (unpaired) electrons. The van der Waals surface area contributed by atoms with Gasteiger partial charge in [0.2, 0.25) is 0 Å². The number of pyridine rings is 1. The Morgan fingerprint density at radius 2 is 2.29 bits per heavy atom. The molecule has 6 nitrogen and oxygen atoms in total. The normalized spacial score (nSPS) is 19.4. The van der Waals surface area contributed by atoms with Gasteiger partial charge in [-0.05, 0) is 61.4 Å². The highest BCUT2D eigenvalue weighted by Crippen LogP contribution is 2.34. The first kappa shape index (κ1) is 24.1. The molecule has 3 N–H and O–H groups in total. The lowest BCUT2D eigenvalue weighted by Crippen LogP contribution is -2.44. The van der Waals surface area contributed by atoms with Crippen molar-refractivity contribution in [2.24, 2.45) is 17.6 Å². The largest absolute Gasteiger partial charge is 0.497 e. The van der Waals surface area contributed by atoms with Crippen molar-refractivity contribution in [3.63, 3.8) is 0 Å². The van der Waals surface area contributed by atoms with Gasteiger partial charge in [0.05, 0.1) is 31.3 Å². The minimum atomic E-state index is -0.806. The molecule has 34 heavy (non-hydrogen) atoms. The fourth-order valence-electron chi connectivity index (χ4n) is 4.64. The number of benzene rings is 1. The third kappa shape index (κ3) is 5.55. The number of rotatable bonds is 7. The van der Waals surface area contributed by atoms with Crippen LogP contribution in [0.3, 0.4) is 0 Å². The van der Waals surface area contributed by atoms with E-state index in [1.165, 1.54) is 6.20 Å². The van der Waals surface area contributed by atoms with E-state index in [9.17, 15) is 14.3 Å². The predicted molar refractivity (Wildman–Crippen MR) is 131 cm³/mol. The maximum Gasteiger partial charge on any atom is 0.308 e. The van der Waals surface area contributed by atoms with Gasteiger partial charge in [-0.1, -0.05) is 11.8 Å². The number of aliphatic carboxylic acids is 1. The molecule has 0 amide bonds. The highest BCUT2D eigenvalue weighted by atomic mass is 32.1. The summed E-state index contributed by atoms with van der Waals surface area (Å²) in [6.45, 7) is 1.78. The second-order valence-corrected chi connectivity index (χ2v) is 9.41. The van der Waals surface area contributed by atoms with Gasteiger partial charge in [-0.25, -0.2) is 4.39 Å². The van der Waals surface area contributed by atoms with Crippen LogP contribution in [0.2, 0.25) is 0 Å². The number of piperidine rings is 1. The van der Waals surface area contributed by atoms with Gasteiger partial charge in [-0.2, -0.15) is 11.3 Å². The number of nitrogens with zero attached hydrogens (tertiary/aromatic N) is 2. The highest BCUT2D eigenvalue weighted by Gasteiger charge is 2.34. The van der Waals surface area contributed by atoms with E-state index in [0.29, 0.717) is 48.1 Å². The van der Waals surface area contributed by atoms with Crippen LogP contribution in [0, 0.1) is 29.5 Å². The van der Waals surface area contributed by atoms with E-state index < -0.39 is 23.7 Å².